The van der Waals surface area contributed by atoms with Crippen molar-refractivity contribution in [2.24, 2.45) is 0 Å². The van der Waals surface area contributed by atoms with Gasteiger partial charge in [-0.25, -0.2) is 4.79 Å². The fraction of sp³-hybridized carbons (Fsp3) is 0.150. The predicted molar refractivity (Wildman–Crippen MR) is 98.0 cm³/mol. The van der Waals surface area contributed by atoms with Gasteiger partial charge >= 0.3 is 5.97 Å². The fourth-order valence-corrected chi connectivity index (χ4v) is 2.17. The van der Waals surface area contributed by atoms with Crippen molar-refractivity contribution < 1.29 is 14.3 Å². The number of aromatic carboxylic acids is 1. The van der Waals surface area contributed by atoms with E-state index >= 15 is 0 Å². The number of nitrogens with zero attached hydrogens (tertiary/aromatic N) is 2. The van der Waals surface area contributed by atoms with Gasteiger partial charge in [0.25, 0.3) is 0 Å². The summed E-state index contributed by atoms with van der Waals surface area (Å²) in [5.41, 5.74) is 2.90. The van der Waals surface area contributed by atoms with E-state index in [0.29, 0.717) is 23.8 Å². The summed E-state index contributed by atoms with van der Waals surface area (Å²) >= 11 is 0. The molecule has 0 saturated heterocycles. The van der Waals surface area contributed by atoms with Crippen LogP contribution in [0.5, 0.6) is 0 Å². The van der Waals surface area contributed by atoms with Crippen molar-refractivity contribution in [2.75, 3.05) is 0 Å². The SMILES string of the molecule is C=C/C(C)=C\C(=C/C)Cc1nnc(/C=C/c2ccccc2C(=O)O)o1. The van der Waals surface area contributed by atoms with Crippen molar-refractivity contribution in [3.8, 4) is 0 Å². The average molecular weight is 336 g/mol. The second kappa shape index (κ2) is 8.59. The summed E-state index contributed by atoms with van der Waals surface area (Å²) in [5, 5.41) is 17.2. The van der Waals surface area contributed by atoms with E-state index in [1.165, 1.54) is 0 Å². The van der Waals surface area contributed by atoms with E-state index < -0.39 is 5.97 Å². The molecule has 0 fully saturated rings. The van der Waals surface area contributed by atoms with Gasteiger partial charge in [-0.3, -0.25) is 0 Å². The van der Waals surface area contributed by atoms with Gasteiger partial charge in [-0.05, 0) is 37.1 Å². The summed E-state index contributed by atoms with van der Waals surface area (Å²) in [6.45, 7) is 7.65. The number of carbonyl (C=O) groups is 1. The zero-order chi connectivity index (χ0) is 18.2. The zero-order valence-corrected chi connectivity index (χ0v) is 14.3. The van der Waals surface area contributed by atoms with Crippen LogP contribution in [0.1, 0.15) is 41.6 Å². The van der Waals surface area contributed by atoms with Crippen molar-refractivity contribution in [1.82, 2.24) is 10.2 Å². The minimum atomic E-state index is -0.978. The highest BCUT2D eigenvalue weighted by molar-refractivity contribution is 5.93. The Morgan fingerprint density at radius 3 is 2.72 bits per heavy atom. The van der Waals surface area contributed by atoms with Gasteiger partial charge in [-0.1, -0.05) is 48.6 Å². The molecule has 2 aromatic rings. The molecule has 0 aliphatic carbocycles. The first-order valence-corrected chi connectivity index (χ1v) is 7.82. The van der Waals surface area contributed by atoms with Gasteiger partial charge in [0, 0.05) is 6.08 Å². The minimum absolute atomic E-state index is 0.222. The summed E-state index contributed by atoms with van der Waals surface area (Å²) in [5.74, 6) is -0.156. The van der Waals surface area contributed by atoms with Gasteiger partial charge < -0.3 is 9.52 Å². The molecule has 0 aliphatic heterocycles. The second-order valence-electron chi connectivity index (χ2n) is 5.39. The van der Waals surface area contributed by atoms with Gasteiger partial charge in [0.05, 0.1) is 12.0 Å². The first-order valence-electron chi connectivity index (χ1n) is 7.82. The smallest absolute Gasteiger partial charge is 0.336 e. The van der Waals surface area contributed by atoms with Gasteiger partial charge in [-0.2, -0.15) is 0 Å². The molecule has 1 aromatic carbocycles. The number of hydrogen-bond donors (Lipinski definition) is 1. The predicted octanol–water partition coefficient (Wildman–Crippen LogP) is 4.56. The molecule has 1 aromatic heterocycles. The number of hydrogen-bond acceptors (Lipinski definition) is 4. The number of aromatic nitrogens is 2. The van der Waals surface area contributed by atoms with Crippen molar-refractivity contribution in [3.63, 3.8) is 0 Å². The molecule has 5 heteroatoms. The summed E-state index contributed by atoms with van der Waals surface area (Å²) in [6, 6.07) is 6.73. The number of carboxylic acids is 1. The third-order valence-corrected chi connectivity index (χ3v) is 3.54. The molecule has 0 bridgehead atoms. The molecule has 25 heavy (non-hydrogen) atoms. The topological polar surface area (TPSA) is 76.2 Å². The first kappa shape index (κ1) is 18.1. The molecule has 1 N–H and O–H groups in total. The van der Waals surface area contributed by atoms with Crippen molar-refractivity contribution in [2.45, 2.75) is 20.3 Å². The quantitative estimate of drug-likeness (QED) is 0.750. The van der Waals surface area contributed by atoms with Crippen LogP contribution in [0.4, 0.5) is 0 Å². The summed E-state index contributed by atoms with van der Waals surface area (Å²) in [6.07, 6.45) is 9.56. The van der Waals surface area contributed by atoms with Crippen LogP contribution in [0.3, 0.4) is 0 Å². The zero-order valence-electron chi connectivity index (χ0n) is 14.3. The van der Waals surface area contributed by atoms with E-state index in [1.807, 2.05) is 26.0 Å². The van der Waals surface area contributed by atoms with Crippen LogP contribution < -0.4 is 0 Å². The Hall–Kier alpha value is -3.21. The highest BCUT2D eigenvalue weighted by atomic mass is 16.4. The van der Waals surface area contributed by atoms with Crippen LogP contribution in [0, 0.1) is 0 Å². The van der Waals surface area contributed by atoms with Crippen molar-refractivity contribution >= 4 is 18.1 Å². The van der Waals surface area contributed by atoms with E-state index in [1.54, 1.807) is 42.5 Å². The molecule has 0 spiro atoms. The molecule has 5 nitrogen and oxygen atoms in total. The Bertz CT molecular complexity index is 857. The van der Waals surface area contributed by atoms with Crippen LogP contribution in [0.15, 0.2) is 64.6 Å². The van der Waals surface area contributed by atoms with E-state index in [4.69, 9.17) is 4.42 Å². The van der Waals surface area contributed by atoms with E-state index in [-0.39, 0.29) is 5.56 Å². The third-order valence-electron chi connectivity index (χ3n) is 3.54. The summed E-state index contributed by atoms with van der Waals surface area (Å²) in [4.78, 5) is 11.2. The molecular weight excluding hydrogens is 316 g/mol. The minimum Gasteiger partial charge on any atom is -0.478 e. The Kier molecular flexibility index (Phi) is 6.23. The van der Waals surface area contributed by atoms with Crippen LogP contribution >= 0.6 is 0 Å². The highest BCUT2D eigenvalue weighted by Gasteiger charge is 2.08. The van der Waals surface area contributed by atoms with Gasteiger partial charge in [0.1, 0.15) is 0 Å². The monoisotopic (exact) mass is 336 g/mol. The molecule has 128 valence electrons. The number of allylic oxidation sites excluding steroid dienone is 5. The number of carboxylic acid groups (broad SMARTS) is 1. The molecule has 2 rings (SSSR count). The molecule has 0 radical (unpaired) electrons. The Balaban J connectivity index is 2.14. The molecule has 0 unspecified atom stereocenters. The molecule has 0 atom stereocenters. The highest BCUT2D eigenvalue weighted by Crippen LogP contribution is 2.15. The lowest BCUT2D eigenvalue weighted by Gasteiger charge is -1.99. The average Bonchev–Trinajstić information content (AvgIpc) is 3.06. The van der Waals surface area contributed by atoms with Gasteiger partial charge in [0.15, 0.2) is 0 Å². The van der Waals surface area contributed by atoms with Crippen LogP contribution in [-0.4, -0.2) is 21.3 Å². The molecule has 0 amide bonds. The lowest BCUT2D eigenvalue weighted by atomic mass is 10.1. The summed E-state index contributed by atoms with van der Waals surface area (Å²) in [7, 11) is 0. The Labute approximate surface area is 146 Å². The van der Waals surface area contributed by atoms with Gasteiger partial charge in [0.2, 0.25) is 11.8 Å². The fourth-order valence-electron chi connectivity index (χ4n) is 2.17. The van der Waals surface area contributed by atoms with Crippen LogP contribution in [0.2, 0.25) is 0 Å². The molecular formula is C20H20N2O3. The summed E-state index contributed by atoms with van der Waals surface area (Å²) < 4.78 is 5.60. The Morgan fingerprint density at radius 2 is 2.04 bits per heavy atom. The second-order valence-corrected chi connectivity index (χ2v) is 5.39. The first-order chi connectivity index (χ1) is 12.0. The lowest BCUT2D eigenvalue weighted by Crippen LogP contribution is -1.98. The van der Waals surface area contributed by atoms with Gasteiger partial charge in [-0.15, -0.1) is 10.2 Å². The van der Waals surface area contributed by atoms with Crippen LogP contribution in [-0.2, 0) is 6.42 Å². The van der Waals surface area contributed by atoms with Crippen LogP contribution in [0.25, 0.3) is 12.2 Å². The molecule has 0 saturated carbocycles. The maximum absolute atomic E-state index is 11.2. The number of benzene rings is 1. The number of rotatable bonds is 7. The van der Waals surface area contributed by atoms with E-state index in [0.717, 1.165) is 11.1 Å². The maximum atomic E-state index is 11.2. The molecule has 0 aliphatic rings. The largest absolute Gasteiger partial charge is 0.478 e. The van der Waals surface area contributed by atoms with Crippen molar-refractivity contribution in [3.05, 3.63) is 83.1 Å². The molecule has 1 heterocycles. The lowest BCUT2D eigenvalue weighted by molar-refractivity contribution is 0.0696. The van der Waals surface area contributed by atoms with Crippen molar-refractivity contribution in [1.29, 1.82) is 0 Å². The third kappa shape index (κ3) is 5.14. The van der Waals surface area contributed by atoms with E-state index in [2.05, 4.69) is 16.8 Å². The normalized spacial score (nSPS) is 12.6. The standard InChI is InChI=1S/C20H20N2O3/c1-4-14(3)12-15(5-2)13-19-22-21-18(25-19)11-10-16-8-6-7-9-17(16)20(23)24/h4-12H,1,13H2,2-3H3,(H,23,24)/b11-10+,14-12-,15-5+. The maximum Gasteiger partial charge on any atom is 0.336 e. The van der Waals surface area contributed by atoms with E-state index in [9.17, 15) is 9.90 Å². The Morgan fingerprint density at radius 1 is 1.28 bits per heavy atom.